The van der Waals surface area contributed by atoms with Gasteiger partial charge in [-0.15, -0.1) is 11.3 Å². The minimum atomic E-state index is 0.857. The van der Waals surface area contributed by atoms with Crippen LogP contribution in [0.15, 0.2) is 23.5 Å². The maximum Gasteiger partial charge on any atom is 0.116 e. The molecule has 0 aromatic carbocycles. The molecule has 0 saturated carbocycles. The molecule has 0 aliphatic heterocycles. The summed E-state index contributed by atoms with van der Waals surface area (Å²) in [5.41, 5.74) is 4.25. The molecule has 0 fully saturated rings. The summed E-state index contributed by atoms with van der Waals surface area (Å²) >= 11 is 1.43. The van der Waals surface area contributed by atoms with Gasteiger partial charge in [0.2, 0.25) is 0 Å². The molecular weight excluding hydrogens is 146 g/mol. The third kappa shape index (κ3) is 2.50. The van der Waals surface area contributed by atoms with Crippen molar-refractivity contribution in [3.63, 3.8) is 0 Å². The van der Waals surface area contributed by atoms with E-state index in [1.807, 2.05) is 6.92 Å². The fourth-order valence-electron chi connectivity index (χ4n) is 0.421. The van der Waals surface area contributed by atoms with E-state index in [1.165, 1.54) is 17.7 Å². The summed E-state index contributed by atoms with van der Waals surface area (Å²) in [4.78, 5) is 11.8. The van der Waals surface area contributed by atoms with E-state index in [2.05, 4.69) is 15.0 Å². The predicted molar refractivity (Wildman–Crippen MR) is 40.1 cm³/mol. The van der Waals surface area contributed by atoms with E-state index < -0.39 is 0 Å². The quantitative estimate of drug-likeness (QED) is 0.565. The Hall–Kier alpha value is -1.03. The molecule has 0 atom stereocenters. The minimum Gasteiger partial charge on any atom is -0.252 e. The summed E-state index contributed by atoms with van der Waals surface area (Å²) in [7, 11) is 0. The maximum absolute atomic E-state index is 3.95. The average molecular weight is 153 g/mol. The van der Waals surface area contributed by atoms with Gasteiger partial charge < -0.3 is 0 Å². The third-order valence-corrected chi connectivity index (χ3v) is 1.32. The first-order valence-electron chi connectivity index (χ1n) is 2.77. The van der Waals surface area contributed by atoms with Gasteiger partial charge in [-0.05, 0) is 6.92 Å². The Kier molecular flexibility index (Phi) is 2.76. The van der Waals surface area contributed by atoms with Crippen LogP contribution < -0.4 is 0 Å². The molecule has 0 bridgehead atoms. The normalized spacial score (nSPS) is 8.50. The Bertz CT molecular complexity index is 220. The zero-order valence-electron chi connectivity index (χ0n) is 5.56. The molecule has 0 amide bonds. The Balaban J connectivity index is 3.13. The summed E-state index contributed by atoms with van der Waals surface area (Å²) < 4.78 is 0. The lowest BCUT2D eigenvalue weighted by molar-refractivity contribution is 1.13. The highest BCUT2D eigenvalue weighted by Crippen LogP contribution is 1.83. The summed E-state index contributed by atoms with van der Waals surface area (Å²) in [6.45, 7) is 1.87. The van der Waals surface area contributed by atoms with Gasteiger partial charge >= 0.3 is 0 Å². The molecule has 52 valence electrons. The van der Waals surface area contributed by atoms with Crippen molar-refractivity contribution < 1.29 is 0 Å². The van der Waals surface area contributed by atoms with Gasteiger partial charge in [-0.2, -0.15) is 0 Å². The van der Waals surface area contributed by atoms with Crippen molar-refractivity contribution in [1.82, 2.24) is 15.0 Å². The molecule has 0 radical (unpaired) electrons. The van der Waals surface area contributed by atoms with Crippen molar-refractivity contribution in [1.29, 1.82) is 0 Å². The molecule has 0 N–H and O–H groups in total. The molecule has 1 heterocycles. The van der Waals surface area contributed by atoms with Crippen LogP contribution in [-0.2, 0) is 0 Å². The molecule has 4 heteroatoms. The van der Waals surface area contributed by atoms with Crippen molar-refractivity contribution in [2.75, 3.05) is 0 Å². The smallest absolute Gasteiger partial charge is 0.116 e. The van der Waals surface area contributed by atoms with Crippen LogP contribution in [0.4, 0.5) is 0 Å². The summed E-state index contributed by atoms with van der Waals surface area (Å²) in [6, 6.07) is 0. The van der Waals surface area contributed by atoms with Gasteiger partial charge in [-0.1, -0.05) is 0 Å². The van der Waals surface area contributed by atoms with Gasteiger partial charge in [0.1, 0.15) is 6.33 Å². The monoisotopic (exact) mass is 153 g/mol. The number of aryl methyl sites for hydroxylation is 1. The standard InChI is InChI=1S/C6H7N3S/c1-6-2-7-4-10-5-8-3-9-6/h2-5H,1H3. The second-order valence-electron chi connectivity index (χ2n) is 1.66. The van der Waals surface area contributed by atoms with E-state index >= 15 is 0 Å². The van der Waals surface area contributed by atoms with E-state index in [1.54, 1.807) is 17.2 Å². The van der Waals surface area contributed by atoms with E-state index in [4.69, 9.17) is 0 Å². The lowest BCUT2D eigenvalue weighted by Crippen LogP contribution is -1.72. The molecule has 0 spiro atoms. The van der Waals surface area contributed by atoms with Crippen molar-refractivity contribution in [3.05, 3.63) is 29.2 Å². The van der Waals surface area contributed by atoms with Crippen molar-refractivity contribution in [2.24, 2.45) is 0 Å². The molecule has 0 aliphatic rings. The fourth-order valence-corrected chi connectivity index (χ4v) is 0.731. The number of aromatic nitrogens is 3. The van der Waals surface area contributed by atoms with Crippen molar-refractivity contribution >= 4 is 11.3 Å². The summed E-state index contributed by atoms with van der Waals surface area (Å²) in [5.74, 6) is 0. The van der Waals surface area contributed by atoms with Crippen molar-refractivity contribution in [2.45, 2.75) is 6.92 Å². The molecule has 3 nitrogen and oxygen atoms in total. The molecule has 10 heavy (non-hydrogen) atoms. The number of hydrogen-bond donors (Lipinski definition) is 0. The van der Waals surface area contributed by atoms with Crippen LogP contribution >= 0.6 is 11.3 Å². The Morgan fingerprint density at radius 1 is 1.30 bits per heavy atom. The molecule has 1 aromatic rings. The zero-order chi connectivity index (χ0) is 7.23. The first kappa shape index (κ1) is 7.08. The Labute approximate surface area is 63.1 Å². The van der Waals surface area contributed by atoms with Crippen LogP contribution in [0.1, 0.15) is 5.69 Å². The summed E-state index contributed by atoms with van der Waals surface area (Å²) in [6.07, 6.45) is 3.20. The minimum absolute atomic E-state index is 0.857. The lowest BCUT2D eigenvalue weighted by Gasteiger charge is -1.75. The highest BCUT2D eigenvalue weighted by molar-refractivity contribution is 7.06. The molecule has 1 rings (SSSR count). The first-order valence-corrected chi connectivity index (χ1v) is 3.72. The van der Waals surface area contributed by atoms with Crippen LogP contribution in [0.5, 0.6) is 0 Å². The largest absolute Gasteiger partial charge is 0.252 e. The van der Waals surface area contributed by atoms with Crippen LogP contribution in [0.2, 0.25) is 0 Å². The Morgan fingerprint density at radius 3 is 3.00 bits per heavy atom. The predicted octanol–water partition coefficient (Wildman–Crippen LogP) is 1.37. The van der Waals surface area contributed by atoms with Crippen LogP contribution in [-0.4, -0.2) is 15.0 Å². The van der Waals surface area contributed by atoms with Crippen LogP contribution in [0.3, 0.4) is 0 Å². The lowest BCUT2D eigenvalue weighted by atomic mass is 10.6. The molecule has 1 aromatic heterocycles. The van der Waals surface area contributed by atoms with Gasteiger partial charge in [0, 0.05) is 6.20 Å². The van der Waals surface area contributed by atoms with Gasteiger partial charge in [-0.25, -0.2) is 9.97 Å². The molecule has 0 unspecified atom stereocenters. The second-order valence-corrected chi connectivity index (χ2v) is 2.35. The van der Waals surface area contributed by atoms with Gasteiger partial charge in [0.15, 0.2) is 0 Å². The van der Waals surface area contributed by atoms with Gasteiger partial charge in [0.25, 0.3) is 0 Å². The van der Waals surface area contributed by atoms with E-state index in [-0.39, 0.29) is 0 Å². The average Bonchev–Trinajstić information content (AvgIpc) is 2.02. The SMILES string of the molecule is Cc1cncscncn1. The van der Waals surface area contributed by atoms with E-state index in [0.717, 1.165) is 5.69 Å². The van der Waals surface area contributed by atoms with Crippen molar-refractivity contribution in [3.8, 4) is 0 Å². The Morgan fingerprint density at radius 2 is 2.10 bits per heavy atom. The van der Waals surface area contributed by atoms with Crippen LogP contribution in [0.25, 0.3) is 0 Å². The van der Waals surface area contributed by atoms with E-state index in [9.17, 15) is 0 Å². The van der Waals surface area contributed by atoms with Crippen LogP contribution in [0, 0.1) is 6.92 Å². The number of hydrogen-bond acceptors (Lipinski definition) is 4. The van der Waals surface area contributed by atoms with Gasteiger partial charge in [-0.3, -0.25) is 4.98 Å². The maximum atomic E-state index is 3.95. The zero-order valence-corrected chi connectivity index (χ0v) is 6.38. The molecular formula is C6H7N3S. The van der Waals surface area contributed by atoms with Gasteiger partial charge in [0.05, 0.1) is 16.7 Å². The molecule has 0 saturated heterocycles. The second kappa shape index (κ2) is 3.90. The van der Waals surface area contributed by atoms with E-state index in [0.29, 0.717) is 0 Å². The highest BCUT2D eigenvalue weighted by Gasteiger charge is 1.73. The number of nitrogens with zero attached hydrogens (tertiary/aromatic N) is 3. The summed E-state index contributed by atoms with van der Waals surface area (Å²) in [5, 5.41) is 0. The molecule has 0 aliphatic carbocycles. The third-order valence-electron chi connectivity index (χ3n) is 0.833. The first-order chi connectivity index (χ1) is 4.89. The number of rotatable bonds is 0. The highest BCUT2D eigenvalue weighted by atomic mass is 32.1. The fraction of sp³-hybridized carbons (Fsp3) is 0.167. The topological polar surface area (TPSA) is 38.7 Å².